The summed E-state index contributed by atoms with van der Waals surface area (Å²) in [5.41, 5.74) is 7.01. The van der Waals surface area contributed by atoms with Crippen molar-refractivity contribution in [2.75, 3.05) is 32.1 Å². The summed E-state index contributed by atoms with van der Waals surface area (Å²) in [6, 6.07) is 19.8. The summed E-state index contributed by atoms with van der Waals surface area (Å²) in [5, 5.41) is 10.1. The largest absolute Gasteiger partial charge is 0.496 e. The number of pyridine rings is 1. The van der Waals surface area contributed by atoms with Crippen molar-refractivity contribution in [1.82, 2.24) is 30.1 Å². The summed E-state index contributed by atoms with van der Waals surface area (Å²) in [5.74, 6) is 0.478. The summed E-state index contributed by atoms with van der Waals surface area (Å²) in [7, 11) is 3.48. The van der Waals surface area contributed by atoms with Crippen LogP contribution >= 0.6 is 23.2 Å². The van der Waals surface area contributed by atoms with Gasteiger partial charge in [0.05, 0.1) is 34.2 Å². The van der Waals surface area contributed by atoms with Crippen LogP contribution in [0.4, 0.5) is 10.1 Å². The zero-order valence-corrected chi connectivity index (χ0v) is 31.0. The molecule has 10 nitrogen and oxygen atoms in total. The second-order valence-corrected chi connectivity index (χ2v) is 14.1. The van der Waals surface area contributed by atoms with E-state index in [1.54, 1.807) is 25.4 Å². The fraction of sp³-hybridized carbons (Fsp3) is 0.300. The Kier molecular flexibility index (Phi) is 11.1. The van der Waals surface area contributed by atoms with Crippen molar-refractivity contribution in [1.29, 1.82) is 0 Å². The fourth-order valence-corrected chi connectivity index (χ4v) is 7.63. The molecule has 7 rings (SSSR count). The summed E-state index contributed by atoms with van der Waals surface area (Å²) >= 11 is 14.0. The Balaban J connectivity index is 1.05. The van der Waals surface area contributed by atoms with Gasteiger partial charge in [0.15, 0.2) is 5.82 Å². The zero-order valence-electron chi connectivity index (χ0n) is 29.5. The number of carbonyl (C=O) groups excluding carboxylic acids is 2. The second-order valence-electron chi connectivity index (χ2n) is 13.4. The van der Waals surface area contributed by atoms with Gasteiger partial charge in [-0.25, -0.2) is 9.37 Å². The Labute approximate surface area is 317 Å². The van der Waals surface area contributed by atoms with Crippen molar-refractivity contribution in [3.8, 4) is 28.1 Å². The number of nitrogens with zero attached hydrogens (tertiary/aromatic N) is 4. The molecule has 2 aliphatic heterocycles. The number of methoxy groups -OCH3 is 1. The predicted molar refractivity (Wildman–Crippen MR) is 205 cm³/mol. The molecule has 53 heavy (non-hydrogen) atoms. The third kappa shape index (κ3) is 8.08. The molecule has 0 radical (unpaired) electrons. The molecule has 0 bridgehead atoms. The van der Waals surface area contributed by atoms with Gasteiger partial charge in [-0.05, 0) is 48.7 Å². The number of aromatic nitrogens is 3. The zero-order chi connectivity index (χ0) is 37.1. The van der Waals surface area contributed by atoms with E-state index in [1.807, 2.05) is 54.1 Å². The van der Waals surface area contributed by atoms with Crippen molar-refractivity contribution in [2.24, 2.45) is 7.05 Å². The molecular formula is C40H40Cl2FN7O3. The Bertz CT molecular complexity index is 2160. The molecule has 1 fully saturated rings. The summed E-state index contributed by atoms with van der Waals surface area (Å²) in [6.45, 7) is 3.53. The molecule has 0 spiro atoms. The Hall–Kier alpha value is -4.81. The van der Waals surface area contributed by atoms with Gasteiger partial charge in [0.2, 0.25) is 5.91 Å². The lowest BCUT2D eigenvalue weighted by molar-refractivity contribution is -0.119. The lowest BCUT2D eigenvalue weighted by Gasteiger charge is -2.26. The van der Waals surface area contributed by atoms with E-state index in [0.717, 1.165) is 60.4 Å². The van der Waals surface area contributed by atoms with E-state index in [-0.39, 0.29) is 23.7 Å². The van der Waals surface area contributed by atoms with Gasteiger partial charge in [0.1, 0.15) is 11.6 Å². The molecule has 274 valence electrons. The Morgan fingerprint density at radius 2 is 1.87 bits per heavy atom. The highest BCUT2D eigenvalue weighted by Crippen LogP contribution is 2.41. The van der Waals surface area contributed by atoms with Crippen LogP contribution in [-0.2, 0) is 37.8 Å². The van der Waals surface area contributed by atoms with E-state index in [1.165, 1.54) is 12.1 Å². The number of anilines is 1. The standard InChI is InChI=1S/C40H40Cl2FN7O3/c1-49-33-16-19-50(18-15-24-6-10-27(43)11-7-24)23-32(33)47-39(49)40(52)48-31-5-3-4-29(36(31)41)30-14-17-45-38(37(30)42)25-8-9-26(34(20-25)53-2)21-44-22-28-12-13-35(51)46-28/h3-11,14,17,20,28,44H,12-13,15-16,18-19,21-23H2,1-2H3,(H,46,51)(H,48,52)/t28-/m1/s1. The van der Waals surface area contributed by atoms with Crippen LogP contribution in [0.3, 0.4) is 0 Å². The van der Waals surface area contributed by atoms with Gasteiger partial charge in [0, 0.05) is 92.8 Å². The van der Waals surface area contributed by atoms with Crippen LogP contribution in [0, 0.1) is 5.82 Å². The van der Waals surface area contributed by atoms with Crippen LogP contribution in [0.2, 0.25) is 10.0 Å². The summed E-state index contributed by atoms with van der Waals surface area (Å²) in [4.78, 5) is 36.8. The maximum atomic E-state index is 13.6. The number of amides is 2. The minimum atomic E-state index is -0.366. The van der Waals surface area contributed by atoms with Crippen LogP contribution in [-0.4, -0.2) is 64.0 Å². The number of carbonyl (C=O) groups is 2. The first-order chi connectivity index (χ1) is 25.7. The van der Waals surface area contributed by atoms with Crippen molar-refractivity contribution in [3.63, 3.8) is 0 Å². The average Bonchev–Trinajstić information content (AvgIpc) is 3.74. The molecule has 13 heteroatoms. The van der Waals surface area contributed by atoms with Crippen molar-refractivity contribution in [3.05, 3.63) is 117 Å². The monoisotopic (exact) mass is 755 g/mol. The van der Waals surface area contributed by atoms with Gasteiger partial charge >= 0.3 is 0 Å². The van der Waals surface area contributed by atoms with Crippen LogP contribution in [0.15, 0.2) is 72.9 Å². The molecular weight excluding hydrogens is 716 g/mol. The fourth-order valence-electron chi connectivity index (χ4n) is 7.03. The number of ether oxygens (including phenoxy) is 1. The van der Waals surface area contributed by atoms with Gasteiger partial charge < -0.3 is 25.3 Å². The number of benzene rings is 3. The maximum absolute atomic E-state index is 13.6. The highest BCUT2D eigenvalue weighted by Gasteiger charge is 2.26. The van der Waals surface area contributed by atoms with E-state index in [2.05, 4.69) is 25.8 Å². The van der Waals surface area contributed by atoms with Gasteiger partial charge in [-0.2, -0.15) is 0 Å². The van der Waals surface area contributed by atoms with Gasteiger partial charge in [0.25, 0.3) is 5.91 Å². The lowest BCUT2D eigenvalue weighted by Crippen LogP contribution is -2.35. The second kappa shape index (κ2) is 16.1. The first-order valence-corrected chi connectivity index (χ1v) is 18.4. The van der Waals surface area contributed by atoms with Gasteiger partial charge in [-0.15, -0.1) is 0 Å². The highest BCUT2D eigenvalue weighted by molar-refractivity contribution is 6.39. The average molecular weight is 757 g/mol. The molecule has 1 saturated heterocycles. The number of rotatable bonds is 12. The number of halogens is 3. The van der Waals surface area contributed by atoms with Gasteiger partial charge in [-0.3, -0.25) is 19.5 Å². The van der Waals surface area contributed by atoms with Crippen molar-refractivity contribution in [2.45, 2.75) is 44.8 Å². The molecule has 4 heterocycles. The molecule has 1 atom stereocenters. The quantitative estimate of drug-likeness (QED) is 0.128. The molecule has 2 aliphatic rings. The first-order valence-electron chi connectivity index (χ1n) is 17.6. The molecule has 0 saturated carbocycles. The number of fused-ring (bicyclic) bond motifs is 1. The Morgan fingerprint density at radius 3 is 2.64 bits per heavy atom. The van der Waals surface area contributed by atoms with Gasteiger partial charge in [-0.1, -0.05) is 59.6 Å². The third-order valence-electron chi connectivity index (χ3n) is 9.95. The predicted octanol–water partition coefficient (Wildman–Crippen LogP) is 6.82. The number of hydrogen-bond donors (Lipinski definition) is 3. The maximum Gasteiger partial charge on any atom is 0.291 e. The van der Waals surface area contributed by atoms with Crippen molar-refractivity contribution >= 4 is 40.7 Å². The molecule has 3 N–H and O–H groups in total. The minimum absolute atomic E-state index is 0.0932. The molecule has 5 aromatic rings. The molecule has 2 aromatic heterocycles. The molecule has 0 unspecified atom stereocenters. The first kappa shape index (κ1) is 36.5. The smallest absolute Gasteiger partial charge is 0.291 e. The normalized spacial score (nSPS) is 15.6. The molecule has 2 amide bonds. The van der Waals surface area contributed by atoms with E-state index >= 15 is 0 Å². The van der Waals surface area contributed by atoms with E-state index in [0.29, 0.717) is 70.2 Å². The minimum Gasteiger partial charge on any atom is -0.496 e. The summed E-state index contributed by atoms with van der Waals surface area (Å²) < 4.78 is 20.9. The highest BCUT2D eigenvalue weighted by atomic mass is 35.5. The Morgan fingerprint density at radius 1 is 1.06 bits per heavy atom. The SMILES string of the molecule is COc1cc(-c2nccc(-c3cccc(NC(=O)c4nc5c(n4C)CCN(CCc4ccc(F)cc4)C5)c3Cl)c2Cl)ccc1CNC[C@H]1CCC(=O)N1. The van der Waals surface area contributed by atoms with Crippen LogP contribution in [0.25, 0.3) is 22.4 Å². The molecule has 0 aliphatic carbocycles. The number of nitrogens with one attached hydrogen (secondary N) is 3. The van der Waals surface area contributed by atoms with Crippen LogP contribution < -0.4 is 20.7 Å². The van der Waals surface area contributed by atoms with E-state index in [9.17, 15) is 14.0 Å². The van der Waals surface area contributed by atoms with Crippen molar-refractivity contribution < 1.29 is 18.7 Å². The van der Waals surface area contributed by atoms with Crippen LogP contribution in [0.5, 0.6) is 5.75 Å². The molecule has 3 aromatic carbocycles. The number of hydrogen-bond acceptors (Lipinski definition) is 7. The topological polar surface area (TPSA) is 113 Å². The lowest BCUT2D eigenvalue weighted by atomic mass is 10.0. The van der Waals surface area contributed by atoms with Crippen LogP contribution in [0.1, 0.15) is 46.0 Å². The van der Waals surface area contributed by atoms with E-state index in [4.69, 9.17) is 32.9 Å². The third-order valence-corrected chi connectivity index (χ3v) is 10.7. The van der Waals surface area contributed by atoms with E-state index < -0.39 is 0 Å². The summed E-state index contributed by atoms with van der Waals surface area (Å²) in [6.07, 6.45) is 4.64. The number of imidazole rings is 1.